The van der Waals surface area contributed by atoms with E-state index in [1.54, 1.807) is 28.5 Å². The van der Waals surface area contributed by atoms with Gasteiger partial charge in [0, 0.05) is 11.3 Å². The number of hydrogen-bond acceptors (Lipinski definition) is 4. The predicted octanol–water partition coefficient (Wildman–Crippen LogP) is 2.42. The number of hydrogen-bond donors (Lipinski definition) is 1. The fourth-order valence-corrected chi connectivity index (χ4v) is 3.01. The summed E-state index contributed by atoms with van der Waals surface area (Å²) < 4.78 is 0. The summed E-state index contributed by atoms with van der Waals surface area (Å²) in [5, 5.41) is 13.4. The van der Waals surface area contributed by atoms with Crippen molar-refractivity contribution >= 4 is 17.2 Å². The lowest BCUT2D eigenvalue weighted by molar-refractivity contribution is -0.122. The fourth-order valence-electron chi connectivity index (χ4n) is 2.10. The molecule has 2 rings (SSSR count). The zero-order valence-electron chi connectivity index (χ0n) is 12.7. The number of nitrogens with zero attached hydrogens (tertiary/aromatic N) is 3. The number of rotatable bonds is 7. The molecule has 0 spiro atoms. The molecule has 21 heavy (non-hydrogen) atoms. The Bertz CT molecular complexity index is 562. The molecule has 0 aliphatic rings. The Morgan fingerprint density at radius 1 is 1.38 bits per heavy atom. The highest BCUT2D eigenvalue weighted by molar-refractivity contribution is 7.10. The van der Waals surface area contributed by atoms with Gasteiger partial charge in [-0.3, -0.25) is 4.79 Å². The molecule has 0 saturated carbocycles. The molecule has 0 saturated heterocycles. The second kappa shape index (κ2) is 7.36. The fraction of sp³-hybridized carbons (Fsp3) is 0.533. The van der Waals surface area contributed by atoms with Crippen molar-refractivity contribution < 1.29 is 4.79 Å². The highest BCUT2D eigenvalue weighted by Crippen LogP contribution is 2.17. The second-order valence-corrected chi connectivity index (χ2v) is 6.53. The molecule has 1 atom stereocenters. The highest BCUT2D eigenvalue weighted by atomic mass is 32.1. The van der Waals surface area contributed by atoms with Crippen LogP contribution in [0.5, 0.6) is 0 Å². The summed E-state index contributed by atoms with van der Waals surface area (Å²) in [4.78, 5) is 15.0. The monoisotopic (exact) mass is 306 g/mol. The van der Waals surface area contributed by atoms with E-state index in [-0.39, 0.29) is 11.9 Å². The van der Waals surface area contributed by atoms with Crippen LogP contribution < -0.4 is 5.32 Å². The van der Waals surface area contributed by atoms with E-state index >= 15 is 0 Å². The van der Waals surface area contributed by atoms with E-state index in [0.29, 0.717) is 18.9 Å². The smallest absolute Gasteiger partial charge is 0.220 e. The van der Waals surface area contributed by atoms with Crippen molar-refractivity contribution in [3.8, 4) is 0 Å². The molecular formula is C15H22N4OS. The number of thiophene rings is 1. The molecule has 2 aromatic rings. The number of aryl methyl sites for hydroxylation is 2. The topological polar surface area (TPSA) is 59.8 Å². The number of aromatic nitrogens is 3. The van der Waals surface area contributed by atoms with Gasteiger partial charge in [0.1, 0.15) is 0 Å². The SMILES string of the molecule is Cc1ccsc1CCC(=O)NC(Cn1nccn1)C(C)C. The molecule has 0 fully saturated rings. The first-order chi connectivity index (χ1) is 10.1. The summed E-state index contributed by atoms with van der Waals surface area (Å²) in [7, 11) is 0. The summed E-state index contributed by atoms with van der Waals surface area (Å²) in [5.74, 6) is 0.428. The summed E-state index contributed by atoms with van der Waals surface area (Å²) in [5.41, 5.74) is 1.27. The third-order valence-corrected chi connectivity index (χ3v) is 4.61. The van der Waals surface area contributed by atoms with Crippen LogP contribution in [0.25, 0.3) is 0 Å². The van der Waals surface area contributed by atoms with Crippen LogP contribution in [0.1, 0.15) is 30.7 Å². The van der Waals surface area contributed by atoms with E-state index in [1.165, 1.54) is 10.4 Å². The molecule has 2 aromatic heterocycles. The zero-order chi connectivity index (χ0) is 15.2. The Labute approximate surface area is 129 Å². The maximum absolute atomic E-state index is 12.1. The molecule has 5 nitrogen and oxygen atoms in total. The van der Waals surface area contributed by atoms with Gasteiger partial charge in [0.2, 0.25) is 5.91 Å². The van der Waals surface area contributed by atoms with Crippen LogP contribution in [0.4, 0.5) is 0 Å². The standard InChI is InChI=1S/C15H22N4OS/c1-11(2)13(10-19-16-7-8-17-19)18-15(20)5-4-14-12(3)6-9-21-14/h6-9,11,13H,4-5,10H2,1-3H3,(H,18,20). The van der Waals surface area contributed by atoms with Crippen molar-refractivity contribution in [2.75, 3.05) is 0 Å². The van der Waals surface area contributed by atoms with Gasteiger partial charge in [0.05, 0.1) is 25.0 Å². The van der Waals surface area contributed by atoms with Gasteiger partial charge < -0.3 is 5.32 Å². The Kier molecular flexibility index (Phi) is 5.50. The number of amides is 1. The van der Waals surface area contributed by atoms with Crippen LogP contribution in [0, 0.1) is 12.8 Å². The summed E-state index contributed by atoms with van der Waals surface area (Å²) >= 11 is 1.72. The lowest BCUT2D eigenvalue weighted by Crippen LogP contribution is -2.42. The van der Waals surface area contributed by atoms with Crippen LogP contribution in [0.15, 0.2) is 23.8 Å². The molecule has 0 aliphatic heterocycles. The second-order valence-electron chi connectivity index (χ2n) is 5.53. The van der Waals surface area contributed by atoms with Gasteiger partial charge in [0.15, 0.2) is 0 Å². The lowest BCUT2D eigenvalue weighted by Gasteiger charge is -2.21. The lowest BCUT2D eigenvalue weighted by atomic mass is 10.0. The molecule has 0 radical (unpaired) electrons. The highest BCUT2D eigenvalue weighted by Gasteiger charge is 2.17. The number of carbonyl (C=O) groups is 1. The molecule has 1 amide bonds. The average Bonchev–Trinajstić information content (AvgIpc) is 3.07. The maximum Gasteiger partial charge on any atom is 0.220 e. The van der Waals surface area contributed by atoms with E-state index in [9.17, 15) is 4.79 Å². The average molecular weight is 306 g/mol. The maximum atomic E-state index is 12.1. The van der Waals surface area contributed by atoms with Crippen molar-refractivity contribution in [1.82, 2.24) is 20.3 Å². The van der Waals surface area contributed by atoms with Crippen LogP contribution in [0.3, 0.4) is 0 Å². The zero-order valence-corrected chi connectivity index (χ0v) is 13.6. The van der Waals surface area contributed by atoms with Crippen molar-refractivity contribution in [1.29, 1.82) is 0 Å². The summed E-state index contributed by atoms with van der Waals surface area (Å²) in [6.45, 7) is 6.88. The Morgan fingerprint density at radius 3 is 2.67 bits per heavy atom. The minimum Gasteiger partial charge on any atom is -0.351 e. The van der Waals surface area contributed by atoms with Crippen LogP contribution >= 0.6 is 11.3 Å². The minimum absolute atomic E-state index is 0.0503. The molecular weight excluding hydrogens is 284 g/mol. The van der Waals surface area contributed by atoms with Crippen LogP contribution in [-0.4, -0.2) is 26.9 Å². The van der Waals surface area contributed by atoms with Gasteiger partial charge in [-0.1, -0.05) is 13.8 Å². The summed E-state index contributed by atoms with van der Waals surface area (Å²) in [6.07, 6.45) is 4.63. The van der Waals surface area contributed by atoms with Gasteiger partial charge in [-0.25, -0.2) is 0 Å². The Morgan fingerprint density at radius 2 is 2.10 bits per heavy atom. The summed E-state index contributed by atoms with van der Waals surface area (Å²) in [6, 6.07) is 2.15. The van der Waals surface area contributed by atoms with Crippen molar-refractivity contribution in [3.63, 3.8) is 0 Å². The van der Waals surface area contributed by atoms with E-state index in [2.05, 4.69) is 47.7 Å². The van der Waals surface area contributed by atoms with Crippen molar-refractivity contribution in [3.05, 3.63) is 34.3 Å². The molecule has 1 N–H and O–H groups in total. The molecule has 0 aromatic carbocycles. The van der Waals surface area contributed by atoms with E-state index in [4.69, 9.17) is 0 Å². The van der Waals surface area contributed by atoms with Crippen molar-refractivity contribution in [2.24, 2.45) is 5.92 Å². The van der Waals surface area contributed by atoms with Crippen LogP contribution in [0.2, 0.25) is 0 Å². The first-order valence-electron chi connectivity index (χ1n) is 7.22. The number of nitrogens with one attached hydrogen (secondary N) is 1. The van der Waals surface area contributed by atoms with Crippen LogP contribution in [-0.2, 0) is 17.8 Å². The van der Waals surface area contributed by atoms with E-state index in [1.807, 2.05) is 0 Å². The quantitative estimate of drug-likeness (QED) is 0.854. The first kappa shape index (κ1) is 15.7. The Balaban J connectivity index is 1.85. The third-order valence-electron chi connectivity index (χ3n) is 3.52. The van der Waals surface area contributed by atoms with Gasteiger partial charge in [-0.15, -0.1) is 11.3 Å². The first-order valence-corrected chi connectivity index (χ1v) is 8.10. The normalized spacial score (nSPS) is 12.6. The van der Waals surface area contributed by atoms with Gasteiger partial charge >= 0.3 is 0 Å². The van der Waals surface area contributed by atoms with Gasteiger partial charge in [0.25, 0.3) is 0 Å². The molecule has 2 heterocycles. The van der Waals surface area contributed by atoms with Gasteiger partial charge in [-0.2, -0.15) is 15.0 Å². The molecule has 0 aliphatic carbocycles. The number of carbonyl (C=O) groups excluding carboxylic acids is 1. The van der Waals surface area contributed by atoms with E-state index < -0.39 is 0 Å². The molecule has 1 unspecified atom stereocenters. The van der Waals surface area contributed by atoms with E-state index in [0.717, 1.165) is 6.42 Å². The molecule has 0 bridgehead atoms. The molecule has 6 heteroatoms. The Hall–Kier alpha value is -1.69. The molecule has 114 valence electrons. The minimum atomic E-state index is 0.0503. The predicted molar refractivity (Wildman–Crippen MR) is 84.2 cm³/mol. The van der Waals surface area contributed by atoms with Crippen molar-refractivity contribution in [2.45, 2.75) is 46.2 Å². The van der Waals surface area contributed by atoms with Gasteiger partial charge in [-0.05, 0) is 36.3 Å². The third kappa shape index (κ3) is 4.67. The largest absolute Gasteiger partial charge is 0.351 e.